The maximum atomic E-state index is 13.7. The maximum Gasteiger partial charge on any atom is 0.287 e. The molecule has 4 heterocycles. The molecule has 3 unspecified atom stereocenters. The molecule has 200 valence electrons. The summed E-state index contributed by atoms with van der Waals surface area (Å²) in [7, 11) is -3.80. The molecule has 0 spiro atoms. The van der Waals surface area contributed by atoms with Gasteiger partial charge in [-0.2, -0.15) is 4.31 Å². The van der Waals surface area contributed by atoms with Crippen molar-refractivity contribution in [3.63, 3.8) is 0 Å². The van der Waals surface area contributed by atoms with E-state index in [1.54, 1.807) is 36.5 Å². The number of hydrogen-bond acceptors (Lipinski definition) is 7. The van der Waals surface area contributed by atoms with Crippen LogP contribution in [0.1, 0.15) is 42.8 Å². The fourth-order valence-electron chi connectivity index (χ4n) is 5.38. The molecule has 0 aliphatic carbocycles. The molecular weight excluding hydrogens is 508 g/mol. The average Bonchev–Trinajstić information content (AvgIpc) is 3.58. The fraction of sp³-hybridized carbons (Fsp3) is 0.407. The second-order valence-corrected chi connectivity index (χ2v) is 12.2. The Bertz CT molecular complexity index is 1440. The predicted octanol–water partition coefficient (Wildman–Crippen LogP) is 2.36. The third-order valence-electron chi connectivity index (χ3n) is 7.05. The number of nitrogens with one attached hydrogen (secondary N) is 1. The third kappa shape index (κ3) is 5.08. The van der Waals surface area contributed by atoms with E-state index < -0.39 is 40.0 Å². The quantitative estimate of drug-likeness (QED) is 0.466. The summed E-state index contributed by atoms with van der Waals surface area (Å²) in [6.07, 6.45) is 3.75. The van der Waals surface area contributed by atoms with Crippen LogP contribution >= 0.6 is 0 Å². The van der Waals surface area contributed by atoms with Gasteiger partial charge in [-0.3, -0.25) is 19.4 Å². The van der Waals surface area contributed by atoms with Crippen LogP contribution in [0.15, 0.2) is 59.3 Å². The van der Waals surface area contributed by atoms with Crippen LogP contribution in [-0.4, -0.2) is 71.4 Å². The Labute approximate surface area is 221 Å². The highest BCUT2D eigenvalue weighted by atomic mass is 32.2. The first-order valence-corrected chi connectivity index (χ1v) is 14.3. The lowest BCUT2D eigenvalue weighted by molar-refractivity contribution is -0.138. The van der Waals surface area contributed by atoms with Crippen molar-refractivity contribution in [1.82, 2.24) is 19.5 Å². The molecule has 2 aliphatic heterocycles. The Kier molecular flexibility index (Phi) is 7.06. The zero-order chi connectivity index (χ0) is 27.0. The highest BCUT2D eigenvalue weighted by Gasteiger charge is 2.54. The number of likely N-dealkylation sites (tertiary alicyclic amines) is 1. The van der Waals surface area contributed by atoms with Crippen molar-refractivity contribution in [1.29, 1.82) is 0 Å². The van der Waals surface area contributed by atoms with Crippen LogP contribution < -0.4 is 5.32 Å². The minimum Gasteiger partial charge on any atom is -0.451 e. The number of aromatic nitrogens is 1. The lowest BCUT2D eigenvalue weighted by atomic mass is 10.0. The Morgan fingerprint density at radius 1 is 1.18 bits per heavy atom. The molecule has 0 radical (unpaired) electrons. The summed E-state index contributed by atoms with van der Waals surface area (Å²) < 4.78 is 33.3. The number of amides is 2. The number of para-hydroxylation sites is 1. The monoisotopic (exact) mass is 538 g/mol. The summed E-state index contributed by atoms with van der Waals surface area (Å²) in [6, 6.07) is 9.81. The molecule has 2 aliphatic rings. The maximum absolute atomic E-state index is 13.7. The van der Waals surface area contributed by atoms with Gasteiger partial charge in [-0.05, 0) is 42.5 Å². The number of rotatable bonds is 8. The van der Waals surface area contributed by atoms with Crippen LogP contribution in [0.4, 0.5) is 0 Å². The van der Waals surface area contributed by atoms with E-state index in [1.165, 1.54) is 15.4 Å². The van der Waals surface area contributed by atoms with Crippen LogP contribution in [0.3, 0.4) is 0 Å². The molecule has 11 heteroatoms. The van der Waals surface area contributed by atoms with E-state index >= 15 is 0 Å². The first-order chi connectivity index (χ1) is 18.1. The van der Waals surface area contributed by atoms with E-state index in [0.717, 1.165) is 5.39 Å². The second-order valence-electron chi connectivity index (χ2n) is 10.3. The molecule has 38 heavy (non-hydrogen) atoms. The van der Waals surface area contributed by atoms with Crippen molar-refractivity contribution in [3.05, 3.63) is 66.2 Å². The van der Waals surface area contributed by atoms with Crippen molar-refractivity contribution < 1.29 is 27.2 Å². The number of fused-ring (bicyclic) bond motifs is 2. The minimum atomic E-state index is -3.80. The molecule has 3 atom stereocenters. The van der Waals surface area contributed by atoms with Crippen molar-refractivity contribution in [2.75, 3.05) is 13.1 Å². The van der Waals surface area contributed by atoms with Crippen LogP contribution in [0.5, 0.6) is 0 Å². The number of Topliss-reactive ketones (excluding diaryl/α,β-unsaturated/α-hetero) is 1. The molecule has 2 amide bonds. The molecular formula is C27H30N4O6S. The Morgan fingerprint density at radius 2 is 1.97 bits per heavy atom. The molecule has 2 aromatic heterocycles. The molecule has 10 nitrogen and oxygen atoms in total. The van der Waals surface area contributed by atoms with Gasteiger partial charge in [0.2, 0.25) is 15.9 Å². The number of nitrogens with zero attached hydrogens (tertiary/aromatic N) is 3. The molecule has 2 saturated heterocycles. The van der Waals surface area contributed by atoms with E-state index in [9.17, 15) is 22.8 Å². The Hall–Kier alpha value is -3.57. The summed E-state index contributed by atoms with van der Waals surface area (Å²) in [6.45, 7) is 3.83. The Balaban J connectivity index is 1.33. The summed E-state index contributed by atoms with van der Waals surface area (Å²) in [5.41, 5.74) is 1.09. The first-order valence-electron chi connectivity index (χ1n) is 12.6. The van der Waals surface area contributed by atoms with Gasteiger partial charge in [-0.25, -0.2) is 8.42 Å². The average molecular weight is 539 g/mol. The standard InChI is InChI=1S/C27H30N4O6S/c1-17(2)12-20(29-26(33)24-13-19-7-3-4-8-23(19)37-24)27(34)30-11-9-21-25(30)22(32)15-31(21)38(35,36)16-18-6-5-10-28-14-18/h3-8,10,13-14,17,20-21,25H,9,11-12,15-16H2,1-2H3,(H,29,33). The predicted molar refractivity (Wildman–Crippen MR) is 139 cm³/mol. The van der Waals surface area contributed by atoms with Gasteiger partial charge in [0.1, 0.15) is 17.7 Å². The third-order valence-corrected chi connectivity index (χ3v) is 8.86. The number of benzene rings is 1. The van der Waals surface area contributed by atoms with Crippen LogP contribution in [0, 0.1) is 5.92 Å². The number of carbonyl (C=O) groups is 3. The lowest BCUT2D eigenvalue weighted by Gasteiger charge is -2.29. The molecule has 1 aromatic carbocycles. The van der Waals surface area contributed by atoms with Gasteiger partial charge < -0.3 is 14.6 Å². The van der Waals surface area contributed by atoms with Gasteiger partial charge in [0.25, 0.3) is 5.91 Å². The normalized spacial score (nSPS) is 20.7. The largest absolute Gasteiger partial charge is 0.451 e. The lowest BCUT2D eigenvalue weighted by Crippen LogP contribution is -2.53. The molecule has 0 saturated carbocycles. The molecule has 5 rings (SSSR count). The highest BCUT2D eigenvalue weighted by Crippen LogP contribution is 2.33. The van der Waals surface area contributed by atoms with E-state index in [0.29, 0.717) is 24.0 Å². The van der Waals surface area contributed by atoms with Gasteiger partial charge >= 0.3 is 0 Å². The van der Waals surface area contributed by atoms with E-state index in [4.69, 9.17) is 4.42 Å². The van der Waals surface area contributed by atoms with Crippen molar-refractivity contribution in [2.24, 2.45) is 5.92 Å². The second kappa shape index (κ2) is 10.3. The summed E-state index contributed by atoms with van der Waals surface area (Å²) in [4.78, 5) is 45.2. The summed E-state index contributed by atoms with van der Waals surface area (Å²) >= 11 is 0. The number of sulfonamides is 1. The summed E-state index contributed by atoms with van der Waals surface area (Å²) in [5, 5.41) is 3.57. The number of pyridine rings is 1. The Morgan fingerprint density at radius 3 is 2.68 bits per heavy atom. The molecule has 1 N–H and O–H groups in total. The van der Waals surface area contributed by atoms with Gasteiger partial charge in [-0.15, -0.1) is 0 Å². The minimum absolute atomic E-state index is 0.0777. The SMILES string of the molecule is CC(C)CC(NC(=O)c1cc2ccccc2o1)C(=O)N1CCC2C1C(=O)CN2S(=O)(=O)Cc1cccnc1. The van der Waals surface area contributed by atoms with E-state index in [-0.39, 0.29) is 36.3 Å². The first kappa shape index (κ1) is 26.1. The number of furan rings is 1. The van der Waals surface area contributed by atoms with Crippen molar-refractivity contribution in [3.8, 4) is 0 Å². The smallest absolute Gasteiger partial charge is 0.287 e. The highest BCUT2D eigenvalue weighted by molar-refractivity contribution is 7.88. The van der Waals surface area contributed by atoms with Crippen molar-refractivity contribution in [2.45, 2.75) is 50.6 Å². The van der Waals surface area contributed by atoms with Crippen LogP contribution in [-0.2, 0) is 25.4 Å². The van der Waals surface area contributed by atoms with E-state index in [2.05, 4.69) is 10.3 Å². The number of ketones is 1. The van der Waals surface area contributed by atoms with Gasteiger partial charge in [0.05, 0.1) is 18.3 Å². The molecule has 2 fully saturated rings. The van der Waals surface area contributed by atoms with Crippen LogP contribution in [0.25, 0.3) is 11.0 Å². The molecule has 3 aromatic rings. The zero-order valence-electron chi connectivity index (χ0n) is 21.2. The number of hydrogen-bond donors (Lipinski definition) is 1. The van der Waals surface area contributed by atoms with Crippen molar-refractivity contribution >= 4 is 38.6 Å². The van der Waals surface area contributed by atoms with E-state index in [1.807, 2.05) is 26.0 Å². The van der Waals surface area contributed by atoms with Gasteiger partial charge in [0.15, 0.2) is 11.5 Å². The topological polar surface area (TPSA) is 130 Å². The zero-order valence-corrected chi connectivity index (χ0v) is 22.1. The fourth-order valence-corrected chi connectivity index (χ4v) is 7.09. The summed E-state index contributed by atoms with van der Waals surface area (Å²) in [5.74, 6) is -1.33. The van der Waals surface area contributed by atoms with Gasteiger partial charge in [-0.1, -0.05) is 38.1 Å². The van der Waals surface area contributed by atoms with Crippen LogP contribution in [0.2, 0.25) is 0 Å². The molecule has 0 bridgehead atoms. The van der Waals surface area contributed by atoms with Gasteiger partial charge in [0, 0.05) is 24.3 Å². The number of carbonyl (C=O) groups excluding carboxylic acids is 3.